The molecule has 4 N–H and O–H groups in total. The van der Waals surface area contributed by atoms with Crippen LogP contribution >= 0.6 is 7.80 Å². The normalized spacial score (nSPS) is 10.8. The molecule has 0 fully saturated rings. The van der Waals surface area contributed by atoms with E-state index in [1.807, 2.05) is 109 Å². The predicted octanol–water partition coefficient (Wildman–Crippen LogP) is 8.30. The maximum Gasteiger partial charge on any atom is 0.415 e. The summed E-state index contributed by atoms with van der Waals surface area (Å²) in [4.78, 5) is 0. The van der Waals surface area contributed by atoms with Crippen molar-refractivity contribution < 1.29 is 4.57 Å². The molecular weight excluding hydrogens is 507 g/mol. The quantitative estimate of drug-likeness (QED) is 0.166. The van der Waals surface area contributed by atoms with Gasteiger partial charge in [-0.3, -0.25) is 0 Å². The Labute approximate surface area is 235 Å². The summed E-state index contributed by atoms with van der Waals surface area (Å²) in [5, 5.41) is 1.60. The molecule has 6 aromatic rings. The summed E-state index contributed by atoms with van der Waals surface area (Å²) in [6.45, 7) is 0. The maximum absolute atomic E-state index is 13.5. The first kappa shape index (κ1) is 25.3. The first-order chi connectivity index (χ1) is 19.6. The van der Waals surface area contributed by atoms with E-state index in [-0.39, 0.29) is 0 Å². The van der Waals surface area contributed by atoms with Crippen LogP contribution in [0.15, 0.2) is 146 Å². The first-order valence-electron chi connectivity index (χ1n) is 13.1. The van der Waals surface area contributed by atoms with Crippen molar-refractivity contribution in [3.8, 4) is 44.5 Å². The zero-order valence-corrected chi connectivity index (χ0v) is 22.8. The molecule has 0 bridgehead atoms. The third-order valence-corrected chi connectivity index (χ3v) is 8.61. The van der Waals surface area contributed by atoms with Gasteiger partial charge in [0.1, 0.15) is 0 Å². The lowest BCUT2D eigenvalue weighted by molar-refractivity contribution is 0.598. The SMILES string of the molecule is Nc1cccc(-c2ccccc2-c2ccc([P+](=O)c3ccc(-c4ccccc4-c4cccc(N)c4)cc3)cc2)c1. The molecular formula is C36H28N2OP+. The number of hydrogen-bond acceptors (Lipinski definition) is 3. The summed E-state index contributed by atoms with van der Waals surface area (Å²) in [5.74, 6) is 0. The van der Waals surface area contributed by atoms with Gasteiger partial charge in [0.25, 0.3) is 0 Å². The molecule has 0 amide bonds. The van der Waals surface area contributed by atoms with E-state index in [2.05, 4.69) is 36.4 Å². The van der Waals surface area contributed by atoms with Gasteiger partial charge in [-0.05, 0) is 117 Å². The number of nitrogen functional groups attached to an aromatic ring is 2. The van der Waals surface area contributed by atoms with Crippen molar-refractivity contribution in [2.75, 3.05) is 11.5 Å². The van der Waals surface area contributed by atoms with E-state index in [4.69, 9.17) is 11.5 Å². The average Bonchev–Trinajstić information content (AvgIpc) is 3.01. The summed E-state index contributed by atoms with van der Waals surface area (Å²) in [5.41, 5.74) is 22.3. The Morgan fingerprint density at radius 1 is 0.375 bits per heavy atom. The van der Waals surface area contributed by atoms with Crippen LogP contribution in [0, 0.1) is 0 Å². The molecule has 0 unspecified atom stereocenters. The Morgan fingerprint density at radius 3 is 1.07 bits per heavy atom. The Balaban J connectivity index is 1.26. The van der Waals surface area contributed by atoms with Gasteiger partial charge in [-0.2, -0.15) is 0 Å². The van der Waals surface area contributed by atoms with E-state index in [0.29, 0.717) is 0 Å². The zero-order valence-electron chi connectivity index (χ0n) is 21.9. The summed E-state index contributed by atoms with van der Waals surface area (Å²) in [6.07, 6.45) is 0. The smallest absolute Gasteiger partial charge is 0.399 e. The van der Waals surface area contributed by atoms with E-state index in [1.165, 1.54) is 0 Å². The van der Waals surface area contributed by atoms with Crippen molar-refractivity contribution in [3.63, 3.8) is 0 Å². The van der Waals surface area contributed by atoms with Crippen LogP contribution in [0.3, 0.4) is 0 Å². The van der Waals surface area contributed by atoms with Gasteiger partial charge in [0, 0.05) is 11.4 Å². The molecule has 0 aromatic heterocycles. The van der Waals surface area contributed by atoms with Crippen molar-refractivity contribution in [1.29, 1.82) is 0 Å². The highest BCUT2D eigenvalue weighted by atomic mass is 31.1. The number of rotatable bonds is 6. The van der Waals surface area contributed by atoms with Crippen LogP contribution in [0.25, 0.3) is 44.5 Å². The summed E-state index contributed by atoms with van der Waals surface area (Å²) in [6, 6.07) is 48.4. The molecule has 0 atom stereocenters. The van der Waals surface area contributed by atoms with E-state index in [1.54, 1.807) is 0 Å². The largest absolute Gasteiger partial charge is 0.415 e. The van der Waals surface area contributed by atoms with E-state index in [9.17, 15) is 4.57 Å². The van der Waals surface area contributed by atoms with Gasteiger partial charge < -0.3 is 11.5 Å². The minimum Gasteiger partial charge on any atom is -0.399 e. The lowest BCUT2D eigenvalue weighted by atomic mass is 9.94. The summed E-state index contributed by atoms with van der Waals surface area (Å²) in [7, 11) is -1.73. The van der Waals surface area contributed by atoms with Crippen molar-refractivity contribution in [2.45, 2.75) is 0 Å². The van der Waals surface area contributed by atoms with E-state index < -0.39 is 7.80 Å². The summed E-state index contributed by atoms with van der Waals surface area (Å²) < 4.78 is 13.5. The molecule has 0 aliphatic rings. The molecule has 0 heterocycles. The average molecular weight is 536 g/mol. The lowest BCUT2D eigenvalue weighted by Gasteiger charge is -2.11. The fourth-order valence-corrected chi connectivity index (χ4v) is 6.23. The molecule has 0 saturated carbocycles. The third-order valence-electron chi connectivity index (χ3n) is 7.08. The Morgan fingerprint density at radius 2 is 0.725 bits per heavy atom. The molecule has 192 valence electrons. The number of benzene rings is 6. The second kappa shape index (κ2) is 11.0. The van der Waals surface area contributed by atoms with Gasteiger partial charge >= 0.3 is 7.80 Å². The van der Waals surface area contributed by atoms with Crippen LogP contribution in [0.4, 0.5) is 11.4 Å². The number of nitrogens with two attached hydrogens (primary N) is 2. The van der Waals surface area contributed by atoms with Crippen LogP contribution in [0.2, 0.25) is 0 Å². The standard InChI is InChI=1S/C36H28N2OP/c37-29-9-5-7-27(23-29)35-13-3-1-11-33(35)25-15-19-31(20-16-25)40(39)32-21-17-26(18-22-32)34-12-2-4-14-36(34)28-8-6-10-30(38)24-28/h1-24H,37-38H2/q+1. The lowest BCUT2D eigenvalue weighted by Crippen LogP contribution is -2.06. The molecule has 4 heteroatoms. The zero-order chi connectivity index (χ0) is 27.5. The molecule has 6 rings (SSSR count). The molecule has 0 aliphatic heterocycles. The van der Waals surface area contributed by atoms with Gasteiger partial charge in [-0.15, -0.1) is 0 Å². The van der Waals surface area contributed by atoms with Gasteiger partial charge in [-0.25, -0.2) is 0 Å². The highest BCUT2D eigenvalue weighted by Gasteiger charge is 2.24. The number of anilines is 2. The fraction of sp³-hybridized carbons (Fsp3) is 0. The van der Waals surface area contributed by atoms with E-state index >= 15 is 0 Å². The molecule has 0 saturated heterocycles. The van der Waals surface area contributed by atoms with Crippen molar-refractivity contribution in [2.24, 2.45) is 0 Å². The van der Waals surface area contributed by atoms with Gasteiger partial charge in [-0.1, -0.05) is 77.4 Å². The Hall–Kier alpha value is -4.98. The predicted molar refractivity (Wildman–Crippen MR) is 170 cm³/mol. The molecule has 0 spiro atoms. The minimum absolute atomic E-state index is 0.735. The summed E-state index contributed by atoms with van der Waals surface area (Å²) >= 11 is 0. The maximum atomic E-state index is 13.5. The monoisotopic (exact) mass is 535 g/mol. The van der Waals surface area contributed by atoms with Crippen LogP contribution in [0.1, 0.15) is 0 Å². The Kier molecular flexibility index (Phi) is 6.97. The fourth-order valence-electron chi connectivity index (χ4n) is 5.09. The van der Waals surface area contributed by atoms with Gasteiger partial charge in [0.05, 0.1) is 0 Å². The Bertz CT molecular complexity index is 1690. The van der Waals surface area contributed by atoms with Crippen molar-refractivity contribution in [1.82, 2.24) is 0 Å². The number of hydrogen-bond donors (Lipinski definition) is 2. The highest BCUT2D eigenvalue weighted by molar-refractivity contribution is 7.61. The van der Waals surface area contributed by atoms with Crippen LogP contribution in [-0.4, -0.2) is 0 Å². The minimum atomic E-state index is -1.73. The molecule has 40 heavy (non-hydrogen) atoms. The second-order valence-electron chi connectivity index (χ2n) is 9.73. The third kappa shape index (κ3) is 5.16. The van der Waals surface area contributed by atoms with Gasteiger partial charge in [0.2, 0.25) is 0 Å². The molecule has 0 radical (unpaired) electrons. The van der Waals surface area contributed by atoms with Crippen LogP contribution in [-0.2, 0) is 4.57 Å². The molecule has 0 aliphatic carbocycles. The van der Waals surface area contributed by atoms with Crippen molar-refractivity contribution in [3.05, 3.63) is 146 Å². The first-order valence-corrected chi connectivity index (χ1v) is 14.4. The highest BCUT2D eigenvalue weighted by Crippen LogP contribution is 2.35. The van der Waals surface area contributed by atoms with Gasteiger partial charge in [0.15, 0.2) is 10.6 Å². The van der Waals surface area contributed by atoms with Crippen LogP contribution < -0.4 is 22.1 Å². The van der Waals surface area contributed by atoms with Crippen LogP contribution in [0.5, 0.6) is 0 Å². The van der Waals surface area contributed by atoms with E-state index in [0.717, 1.165) is 66.5 Å². The molecule has 3 nitrogen and oxygen atoms in total. The molecule has 6 aromatic carbocycles. The topological polar surface area (TPSA) is 69.1 Å². The second-order valence-corrected chi connectivity index (χ2v) is 11.4. The van der Waals surface area contributed by atoms with Crippen molar-refractivity contribution >= 4 is 29.8 Å².